The lowest BCUT2D eigenvalue weighted by molar-refractivity contribution is 1.07. The maximum atomic E-state index is 4.89. The summed E-state index contributed by atoms with van der Waals surface area (Å²) in [6, 6.07) is 50.0. The summed E-state index contributed by atoms with van der Waals surface area (Å²) in [5.41, 5.74) is 15.5. The van der Waals surface area contributed by atoms with Crippen molar-refractivity contribution < 1.29 is 0 Å². The van der Waals surface area contributed by atoms with E-state index in [9.17, 15) is 0 Å². The van der Waals surface area contributed by atoms with E-state index < -0.39 is 0 Å². The van der Waals surface area contributed by atoms with E-state index in [1.165, 1.54) is 38.8 Å². The van der Waals surface area contributed by atoms with Gasteiger partial charge in [0.2, 0.25) is 6.71 Å². The van der Waals surface area contributed by atoms with E-state index in [-0.39, 0.29) is 6.71 Å². The molecule has 6 heteroatoms. The van der Waals surface area contributed by atoms with Gasteiger partial charge in [-0.3, -0.25) is 9.13 Å². The topological polar surface area (TPSA) is 38.9 Å². The average Bonchev–Trinajstić information content (AvgIpc) is 3.86. The third-order valence-electron chi connectivity index (χ3n) is 10.1. The van der Waals surface area contributed by atoms with Crippen LogP contribution in [0.2, 0.25) is 0 Å². The summed E-state index contributed by atoms with van der Waals surface area (Å²) in [6.45, 7) is 6.77. The quantitative estimate of drug-likeness (QED) is 0.168. The van der Waals surface area contributed by atoms with Crippen LogP contribution in [-0.4, -0.2) is 25.8 Å². The Kier molecular flexibility index (Phi) is 7.51. The molecule has 0 bridgehead atoms. The van der Waals surface area contributed by atoms with Crippen LogP contribution in [0.1, 0.15) is 16.7 Å². The van der Waals surface area contributed by atoms with Gasteiger partial charge >= 0.3 is 0 Å². The summed E-state index contributed by atoms with van der Waals surface area (Å²) in [6.07, 6.45) is 7.82. The van der Waals surface area contributed by atoms with Gasteiger partial charge in [-0.05, 0) is 80.2 Å². The Morgan fingerprint density at radius 3 is 1.67 bits per heavy atom. The minimum absolute atomic E-state index is 0.0659. The van der Waals surface area contributed by atoms with Crippen LogP contribution < -0.4 is 21.3 Å². The molecule has 51 heavy (non-hydrogen) atoms. The molecule has 3 heterocycles. The molecule has 5 nitrogen and oxygen atoms in total. The van der Waals surface area contributed by atoms with Crippen LogP contribution in [0.5, 0.6) is 0 Å². The number of anilines is 3. The third-order valence-corrected chi connectivity index (χ3v) is 10.1. The molecular formula is C45H36BN5. The van der Waals surface area contributed by atoms with Crippen LogP contribution >= 0.6 is 0 Å². The largest absolute Gasteiger partial charge is 0.311 e. The first-order valence-corrected chi connectivity index (χ1v) is 17.4. The van der Waals surface area contributed by atoms with Gasteiger partial charge in [0, 0.05) is 64.4 Å². The first-order valence-electron chi connectivity index (χ1n) is 17.4. The van der Waals surface area contributed by atoms with Crippen LogP contribution in [0, 0.1) is 20.8 Å². The molecule has 0 fully saturated rings. The molecule has 8 aromatic rings. The van der Waals surface area contributed by atoms with Crippen molar-refractivity contribution in [1.82, 2.24) is 19.1 Å². The number of fused-ring (bicyclic) bond motifs is 2. The van der Waals surface area contributed by atoms with Gasteiger partial charge in [-0.25, -0.2) is 9.97 Å². The zero-order valence-electron chi connectivity index (χ0n) is 28.9. The molecule has 244 valence electrons. The molecule has 0 amide bonds. The number of aromatic nitrogens is 4. The van der Waals surface area contributed by atoms with Gasteiger partial charge in [-0.15, -0.1) is 0 Å². The summed E-state index contributed by atoms with van der Waals surface area (Å²) in [7, 11) is 0. The standard InChI is InChI=1S/C45H36BN5/c1-31-27-32(2)43(33(3)28-31)46-39-19-10-11-20-41(39)51(38-18-12-13-34(29-38)44-47-23-25-49(44)36-14-6-4-7-15-36)42-30-35(21-22-40(42)46)45-48-24-26-50(45)37-16-8-5-9-17-37/h4-30H,1-3H3. The van der Waals surface area contributed by atoms with Gasteiger partial charge in [0.15, 0.2) is 0 Å². The highest BCUT2D eigenvalue weighted by Crippen LogP contribution is 2.39. The second-order valence-electron chi connectivity index (χ2n) is 13.4. The number of hydrogen-bond acceptors (Lipinski definition) is 3. The Bertz CT molecular complexity index is 2510. The predicted molar refractivity (Wildman–Crippen MR) is 212 cm³/mol. The first-order chi connectivity index (χ1) is 25.0. The fourth-order valence-electron chi connectivity index (χ4n) is 8.00. The van der Waals surface area contributed by atoms with E-state index >= 15 is 0 Å². The minimum Gasteiger partial charge on any atom is -0.311 e. The second kappa shape index (κ2) is 12.5. The number of rotatable bonds is 6. The van der Waals surface area contributed by atoms with E-state index in [4.69, 9.17) is 9.97 Å². The Hall–Kier alpha value is -6.40. The summed E-state index contributed by atoms with van der Waals surface area (Å²) in [4.78, 5) is 12.2. The molecule has 9 rings (SSSR count). The lowest BCUT2D eigenvalue weighted by Gasteiger charge is -2.38. The van der Waals surface area contributed by atoms with Gasteiger partial charge in [0.05, 0.1) is 0 Å². The van der Waals surface area contributed by atoms with Crippen LogP contribution in [0.3, 0.4) is 0 Å². The van der Waals surface area contributed by atoms with Gasteiger partial charge in [0.25, 0.3) is 0 Å². The van der Waals surface area contributed by atoms with Crippen molar-refractivity contribution in [3.8, 4) is 34.2 Å². The highest BCUT2D eigenvalue weighted by Gasteiger charge is 2.37. The molecular weight excluding hydrogens is 621 g/mol. The van der Waals surface area contributed by atoms with Crippen molar-refractivity contribution in [3.63, 3.8) is 0 Å². The maximum absolute atomic E-state index is 4.89. The lowest BCUT2D eigenvalue weighted by atomic mass is 9.34. The summed E-state index contributed by atoms with van der Waals surface area (Å²) in [5.74, 6) is 1.80. The molecule has 0 saturated heterocycles. The smallest absolute Gasteiger partial charge is 0.247 e. The molecule has 1 aliphatic heterocycles. The van der Waals surface area contributed by atoms with Gasteiger partial charge < -0.3 is 4.90 Å². The number of aryl methyl sites for hydroxylation is 3. The maximum Gasteiger partial charge on any atom is 0.247 e. The zero-order chi connectivity index (χ0) is 34.5. The van der Waals surface area contributed by atoms with Gasteiger partial charge in [-0.2, -0.15) is 0 Å². The third kappa shape index (κ3) is 5.28. The Morgan fingerprint density at radius 2 is 1.02 bits per heavy atom. The van der Waals surface area contributed by atoms with Gasteiger partial charge in [-0.1, -0.05) is 113 Å². The van der Waals surface area contributed by atoms with Crippen LogP contribution in [0.25, 0.3) is 34.2 Å². The van der Waals surface area contributed by atoms with E-state index in [0.717, 1.165) is 45.5 Å². The molecule has 0 spiro atoms. The Balaban J connectivity index is 1.27. The number of nitrogens with zero attached hydrogens (tertiary/aromatic N) is 5. The fraction of sp³-hybridized carbons (Fsp3) is 0.0667. The highest BCUT2D eigenvalue weighted by atomic mass is 15.2. The van der Waals surface area contributed by atoms with Crippen molar-refractivity contribution in [2.45, 2.75) is 20.8 Å². The molecule has 0 aliphatic carbocycles. The first kappa shape index (κ1) is 30.6. The molecule has 1 aliphatic rings. The van der Waals surface area contributed by atoms with E-state index in [2.05, 4.69) is 162 Å². The fourth-order valence-corrected chi connectivity index (χ4v) is 8.00. The van der Waals surface area contributed by atoms with E-state index in [0.29, 0.717) is 0 Å². The van der Waals surface area contributed by atoms with Crippen molar-refractivity contribution in [2.24, 2.45) is 0 Å². The lowest BCUT2D eigenvalue weighted by Crippen LogP contribution is -2.58. The minimum atomic E-state index is 0.0659. The van der Waals surface area contributed by atoms with Crippen molar-refractivity contribution in [3.05, 3.63) is 181 Å². The average molecular weight is 658 g/mol. The summed E-state index contributed by atoms with van der Waals surface area (Å²) in [5, 5.41) is 0. The number of benzene rings is 6. The summed E-state index contributed by atoms with van der Waals surface area (Å²) >= 11 is 0. The molecule has 0 radical (unpaired) electrons. The molecule has 0 atom stereocenters. The normalized spacial score (nSPS) is 12.1. The van der Waals surface area contributed by atoms with Crippen molar-refractivity contribution >= 4 is 40.2 Å². The molecule has 6 aromatic carbocycles. The van der Waals surface area contributed by atoms with Crippen molar-refractivity contribution in [1.29, 1.82) is 0 Å². The number of imidazole rings is 2. The SMILES string of the molecule is Cc1cc(C)c(B2c3ccccc3N(c3cccc(-c4nccn4-c4ccccc4)c3)c3cc(-c4nccn4-c4ccccc4)ccc32)c(C)c1. The predicted octanol–water partition coefficient (Wildman–Crippen LogP) is 8.62. The zero-order valence-corrected chi connectivity index (χ0v) is 28.9. The van der Waals surface area contributed by atoms with Gasteiger partial charge in [0.1, 0.15) is 11.6 Å². The Morgan fingerprint density at radius 1 is 0.471 bits per heavy atom. The van der Waals surface area contributed by atoms with Crippen LogP contribution in [0.4, 0.5) is 17.1 Å². The molecule has 2 aromatic heterocycles. The summed E-state index contributed by atoms with van der Waals surface area (Å²) < 4.78 is 4.32. The second-order valence-corrected chi connectivity index (χ2v) is 13.4. The molecule has 0 unspecified atom stereocenters. The van der Waals surface area contributed by atoms with Crippen molar-refractivity contribution in [2.75, 3.05) is 4.90 Å². The van der Waals surface area contributed by atoms with E-state index in [1.807, 2.05) is 36.9 Å². The number of para-hydroxylation sites is 3. The molecule has 0 N–H and O–H groups in total. The Labute approximate surface area is 299 Å². The number of hydrogen-bond donors (Lipinski definition) is 0. The van der Waals surface area contributed by atoms with E-state index in [1.54, 1.807) is 0 Å². The van der Waals surface area contributed by atoms with Crippen LogP contribution in [-0.2, 0) is 0 Å². The van der Waals surface area contributed by atoms with Crippen LogP contribution in [0.15, 0.2) is 164 Å². The monoisotopic (exact) mass is 657 g/mol. The molecule has 0 saturated carbocycles. The highest BCUT2D eigenvalue weighted by molar-refractivity contribution is 6.98.